The predicted octanol–water partition coefficient (Wildman–Crippen LogP) is 5.66. The van der Waals surface area contributed by atoms with Crippen LogP contribution in [0.4, 0.5) is 0 Å². The third-order valence-corrected chi connectivity index (χ3v) is 5.84. The molecular formula is C28H27NO5. The third-order valence-electron chi connectivity index (χ3n) is 5.84. The molecule has 0 aliphatic rings. The molecule has 1 amide bonds. The molecule has 4 rings (SSSR count). The van der Waals surface area contributed by atoms with Crippen molar-refractivity contribution in [2.45, 2.75) is 32.2 Å². The van der Waals surface area contributed by atoms with E-state index in [1.165, 1.54) is 5.56 Å². The molecule has 0 saturated carbocycles. The summed E-state index contributed by atoms with van der Waals surface area (Å²) in [5, 5.41) is 13.0. The Hall–Kier alpha value is -4.06. The fourth-order valence-electron chi connectivity index (χ4n) is 4.01. The van der Waals surface area contributed by atoms with E-state index in [1.807, 2.05) is 36.4 Å². The van der Waals surface area contributed by atoms with E-state index in [9.17, 15) is 14.7 Å². The molecule has 2 N–H and O–H groups in total. The molecule has 0 aliphatic carbocycles. The number of aliphatic carboxylic acids is 1. The molecule has 174 valence electrons. The minimum absolute atomic E-state index is 0.0511. The van der Waals surface area contributed by atoms with E-state index in [4.69, 9.17) is 9.15 Å². The predicted molar refractivity (Wildman–Crippen MR) is 131 cm³/mol. The molecular weight excluding hydrogens is 430 g/mol. The number of carbonyl (C=O) groups excluding carboxylic acids is 1. The quantitative estimate of drug-likeness (QED) is 0.357. The fraction of sp³-hybridized carbons (Fsp3) is 0.214. The Bertz CT molecular complexity index is 1320. The summed E-state index contributed by atoms with van der Waals surface area (Å²) >= 11 is 0. The topological polar surface area (TPSA) is 88.8 Å². The van der Waals surface area contributed by atoms with Crippen LogP contribution in [0.2, 0.25) is 0 Å². The first-order chi connectivity index (χ1) is 16.4. The number of nitrogens with one attached hydrogen (secondary N) is 1. The standard InChI is InChI=1S/C28H27NO5/c1-17(2)22-6-4-5-7-23(22)19-10-8-18(9-11-19)14-24(28(31)32)29-27(30)26-16-20-15-21(33-3)12-13-25(20)34-26/h4-13,15-17,24H,14H2,1-3H3,(H,29,30)(H,31,32). The number of rotatable bonds is 8. The first-order valence-electron chi connectivity index (χ1n) is 11.1. The van der Waals surface area contributed by atoms with Crippen molar-refractivity contribution < 1.29 is 23.8 Å². The van der Waals surface area contributed by atoms with Gasteiger partial charge in [0, 0.05) is 11.8 Å². The molecule has 1 heterocycles. The molecule has 6 nitrogen and oxygen atoms in total. The highest BCUT2D eigenvalue weighted by Crippen LogP contribution is 2.29. The van der Waals surface area contributed by atoms with Crippen LogP contribution >= 0.6 is 0 Å². The molecule has 6 heteroatoms. The van der Waals surface area contributed by atoms with Gasteiger partial charge in [0.15, 0.2) is 5.76 Å². The van der Waals surface area contributed by atoms with Crippen LogP contribution in [0.25, 0.3) is 22.1 Å². The highest BCUT2D eigenvalue weighted by Gasteiger charge is 2.23. The lowest BCUT2D eigenvalue weighted by Crippen LogP contribution is -2.42. The zero-order chi connectivity index (χ0) is 24.2. The maximum atomic E-state index is 12.7. The van der Waals surface area contributed by atoms with E-state index in [0.717, 1.165) is 16.7 Å². The smallest absolute Gasteiger partial charge is 0.326 e. The maximum Gasteiger partial charge on any atom is 0.326 e. The van der Waals surface area contributed by atoms with Crippen LogP contribution in [0.3, 0.4) is 0 Å². The summed E-state index contributed by atoms with van der Waals surface area (Å²) in [5.41, 5.74) is 4.83. The number of amides is 1. The Kier molecular flexibility index (Phi) is 6.68. The van der Waals surface area contributed by atoms with Gasteiger partial charge in [-0.3, -0.25) is 4.79 Å². The van der Waals surface area contributed by atoms with Gasteiger partial charge in [0.2, 0.25) is 0 Å². The Morgan fingerprint density at radius 1 is 1.00 bits per heavy atom. The van der Waals surface area contributed by atoms with Gasteiger partial charge in [-0.2, -0.15) is 0 Å². The average molecular weight is 458 g/mol. The molecule has 0 saturated heterocycles. The van der Waals surface area contributed by atoms with Crippen molar-refractivity contribution in [1.29, 1.82) is 0 Å². The second-order valence-electron chi connectivity index (χ2n) is 8.52. The summed E-state index contributed by atoms with van der Waals surface area (Å²) in [6.07, 6.45) is 0.154. The Labute approximate surface area is 198 Å². The Morgan fingerprint density at radius 2 is 1.74 bits per heavy atom. The number of ether oxygens (including phenoxy) is 1. The molecule has 0 aliphatic heterocycles. The van der Waals surface area contributed by atoms with E-state index < -0.39 is 17.9 Å². The van der Waals surface area contributed by atoms with Crippen LogP contribution in [0, 0.1) is 0 Å². The summed E-state index contributed by atoms with van der Waals surface area (Å²) in [6.45, 7) is 4.32. The van der Waals surface area contributed by atoms with E-state index in [2.05, 4.69) is 31.3 Å². The van der Waals surface area contributed by atoms with Crippen LogP contribution in [0.15, 0.2) is 77.2 Å². The van der Waals surface area contributed by atoms with Gasteiger partial charge in [-0.25, -0.2) is 4.79 Å². The average Bonchev–Trinajstić information content (AvgIpc) is 3.27. The van der Waals surface area contributed by atoms with Crippen LogP contribution in [-0.2, 0) is 11.2 Å². The lowest BCUT2D eigenvalue weighted by molar-refractivity contribution is -0.139. The number of carbonyl (C=O) groups is 2. The number of methoxy groups -OCH3 is 1. The van der Waals surface area contributed by atoms with E-state index in [0.29, 0.717) is 22.6 Å². The molecule has 0 spiro atoms. The number of hydrogen-bond acceptors (Lipinski definition) is 4. The zero-order valence-corrected chi connectivity index (χ0v) is 19.4. The van der Waals surface area contributed by atoms with Gasteiger partial charge in [-0.05, 0) is 52.4 Å². The van der Waals surface area contributed by atoms with Crippen LogP contribution < -0.4 is 10.1 Å². The lowest BCUT2D eigenvalue weighted by Gasteiger charge is -2.15. The second-order valence-corrected chi connectivity index (χ2v) is 8.52. The minimum atomic E-state index is -1.11. The molecule has 3 aromatic carbocycles. The van der Waals surface area contributed by atoms with Crippen LogP contribution in [0.1, 0.15) is 41.4 Å². The van der Waals surface area contributed by atoms with E-state index >= 15 is 0 Å². The molecule has 4 aromatic rings. The van der Waals surface area contributed by atoms with Crippen molar-refractivity contribution in [3.05, 3.63) is 89.7 Å². The monoisotopic (exact) mass is 457 g/mol. The number of hydrogen-bond donors (Lipinski definition) is 2. The van der Waals surface area contributed by atoms with Crippen LogP contribution in [0.5, 0.6) is 5.75 Å². The fourth-order valence-corrected chi connectivity index (χ4v) is 4.01. The Balaban J connectivity index is 1.49. The van der Waals surface area contributed by atoms with Gasteiger partial charge >= 0.3 is 5.97 Å². The Morgan fingerprint density at radius 3 is 2.41 bits per heavy atom. The number of furan rings is 1. The molecule has 0 radical (unpaired) electrons. The van der Waals surface area contributed by atoms with Crippen molar-refractivity contribution in [2.75, 3.05) is 7.11 Å². The molecule has 1 atom stereocenters. The van der Waals surface area contributed by atoms with E-state index in [-0.39, 0.29) is 12.2 Å². The highest BCUT2D eigenvalue weighted by atomic mass is 16.5. The summed E-state index contributed by atoms with van der Waals surface area (Å²) < 4.78 is 10.8. The highest BCUT2D eigenvalue weighted by molar-refractivity contribution is 5.98. The number of benzene rings is 3. The minimum Gasteiger partial charge on any atom is -0.497 e. The van der Waals surface area contributed by atoms with Gasteiger partial charge in [0.05, 0.1) is 7.11 Å². The lowest BCUT2D eigenvalue weighted by atomic mass is 9.92. The zero-order valence-electron chi connectivity index (χ0n) is 19.4. The normalized spacial score (nSPS) is 12.0. The van der Waals surface area contributed by atoms with E-state index in [1.54, 1.807) is 31.4 Å². The second kappa shape index (κ2) is 9.83. The number of carboxylic acid groups (broad SMARTS) is 1. The number of fused-ring (bicyclic) bond motifs is 1. The molecule has 1 aromatic heterocycles. The summed E-state index contributed by atoms with van der Waals surface area (Å²) in [5.74, 6) is -0.606. The molecule has 34 heavy (non-hydrogen) atoms. The van der Waals surface area contributed by atoms with Gasteiger partial charge in [0.1, 0.15) is 17.4 Å². The third kappa shape index (κ3) is 4.96. The van der Waals surface area contributed by atoms with Gasteiger partial charge in [0.25, 0.3) is 5.91 Å². The number of carboxylic acids is 1. The van der Waals surface area contributed by atoms with Crippen molar-refractivity contribution in [1.82, 2.24) is 5.32 Å². The maximum absolute atomic E-state index is 12.7. The largest absolute Gasteiger partial charge is 0.497 e. The molecule has 0 fully saturated rings. The molecule has 1 unspecified atom stereocenters. The van der Waals surface area contributed by atoms with Gasteiger partial charge in [-0.15, -0.1) is 0 Å². The van der Waals surface area contributed by atoms with Crippen molar-refractivity contribution in [2.24, 2.45) is 0 Å². The first kappa shape index (κ1) is 23.1. The summed E-state index contributed by atoms with van der Waals surface area (Å²) in [4.78, 5) is 24.6. The van der Waals surface area contributed by atoms with Gasteiger partial charge < -0.3 is 19.6 Å². The van der Waals surface area contributed by atoms with Crippen LogP contribution in [-0.4, -0.2) is 30.1 Å². The first-order valence-corrected chi connectivity index (χ1v) is 11.1. The summed E-state index contributed by atoms with van der Waals surface area (Å²) in [7, 11) is 1.56. The van der Waals surface area contributed by atoms with Crippen molar-refractivity contribution in [3.63, 3.8) is 0 Å². The van der Waals surface area contributed by atoms with Crippen molar-refractivity contribution >= 4 is 22.8 Å². The SMILES string of the molecule is COc1ccc2oc(C(=O)NC(Cc3ccc(-c4ccccc4C(C)C)cc3)C(=O)O)cc2c1. The van der Waals surface area contributed by atoms with Crippen molar-refractivity contribution in [3.8, 4) is 16.9 Å². The van der Waals surface area contributed by atoms with Gasteiger partial charge in [-0.1, -0.05) is 62.4 Å². The molecule has 0 bridgehead atoms. The summed E-state index contributed by atoms with van der Waals surface area (Å²) in [6, 6.07) is 21.7.